The molecule has 4 heterocycles. The van der Waals surface area contributed by atoms with Crippen LogP contribution in [0.2, 0.25) is 0 Å². The normalized spacial score (nSPS) is 30.6. The molecule has 0 aromatic heterocycles. The number of fused-ring (bicyclic) bond motifs is 7. The molecule has 7 heteroatoms. The van der Waals surface area contributed by atoms with Gasteiger partial charge < -0.3 is 10.1 Å². The molecule has 0 radical (unpaired) electrons. The zero-order valence-electron chi connectivity index (χ0n) is 18.1. The van der Waals surface area contributed by atoms with Gasteiger partial charge in [-0.1, -0.05) is 19.1 Å². The monoisotopic (exact) mass is 431 g/mol. The largest absolute Gasteiger partial charge is 0.497 e. The Morgan fingerprint density at radius 1 is 1.09 bits per heavy atom. The molecule has 4 atom stereocenters. The minimum atomic E-state index is -1.12. The second kappa shape index (κ2) is 6.65. The van der Waals surface area contributed by atoms with Crippen LogP contribution >= 0.6 is 0 Å². The number of amides is 3. The molecule has 4 aliphatic rings. The number of imide groups is 1. The van der Waals surface area contributed by atoms with E-state index in [4.69, 9.17) is 4.74 Å². The maximum Gasteiger partial charge on any atom is 0.250 e. The van der Waals surface area contributed by atoms with Crippen LogP contribution in [0, 0.1) is 11.8 Å². The molecule has 2 aromatic rings. The van der Waals surface area contributed by atoms with Gasteiger partial charge in [-0.15, -0.1) is 0 Å². The van der Waals surface area contributed by atoms with Gasteiger partial charge in [0.25, 0.3) is 0 Å². The van der Waals surface area contributed by atoms with Gasteiger partial charge in [0.2, 0.25) is 17.7 Å². The lowest BCUT2D eigenvalue weighted by molar-refractivity contribution is -0.135. The number of methoxy groups -OCH3 is 1. The third-order valence-electron chi connectivity index (χ3n) is 7.80. The minimum absolute atomic E-state index is 0.110. The van der Waals surface area contributed by atoms with Gasteiger partial charge >= 0.3 is 0 Å². The topological polar surface area (TPSA) is 79.0 Å². The van der Waals surface area contributed by atoms with Crippen LogP contribution in [0.3, 0.4) is 0 Å². The smallest absolute Gasteiger partial charge is 0.250 e. The summed E-state index contributed by atoms with van der Waals surface area (Å²) in [5, 5.41) is 3.03. The SMILES string of the molecule is CCc1ccc2c(c1)[C@@]1(C(=O)N2)[C@H]2C(=O)N(c3ccc(OC)cc3)C(=O)[C@@H]2[C@H]2CCCN21. The van der Waals surface area contributed by atoms with Gasteiger partial charge in [-0.25, -0.2) is 4.90 Å². The molecule has 3 saturated heterocycles. The van der Waals surface area contributed by atoms with Crippen molar-refractivity contribution < 1.29 is 19.1 Å². The molecule has 2 aromatic carbocycles. The summed E-state index contributed by atoms with van der Waals surface area (Å²) in [6.45, 7) is 2.79. The molecule has 6 rings (SSSR count). The van der Waals surface area contributed by atoms with Crippen LogP contribution < -0.4 is 15.0 Å². The molecular formula is C25H25N3O4. The van der Waals surface area contributed by atoms with Gasteiger partial charge in [0, 0.05) is 17.3 Å². The summed E-state index contributed by atoms with van der Waals surface area (Å²) in [6, 6.07) is 12.8. The summed E-state index contributed by atoms with van der Waals surface area (Å²) in [5.74, 6) is -1.26. The average Bonchev–Trinajstić information content (AvgIpc) is 3.52. The molecule has 0 bridgehead atoms. The van der Waals surface area contributed by atoms with Gasteiger partial charge in [-0.3, -0.25) is 19.3 Å². The Hall–Kier alpha value is -3.19. The second-order valence-electron chi connectivity index (χ2n) is 9.07. The molecule has 0 aliphatic carbocycles. The second-order valence-corrected chi connectivity index (χ2v) is 9.07. The quantitative estimate of drug-likeness (QED) is 0.756. The van der Waals surface area contributed by atoms with Crippen molar-refractivity contribution in [3.05, 3.63) is 53.6 Å². The maximum absolute atomic E-state index is 13.9. The molecule has 0 saturated carbocycles. The van der Waals surface area contributed by atoms with Crippen molar-refractivity contribution in [3.8, 4) is 5.75 Å². The lowest BCUT2D eigenvalue weighted by atomic mass is 9.75. The predicted molar refractivity (Wildman–Crippen MR) is 118 cm³/mol. The number of carbonyl (C=O) groups excluding carboxylic acids is 3. The van der Waals surface area contributed by atoms with Crippen molar-refractivity contribution in [1.29, 1.82) is 0 Å². The molecule has 0 unspecified atom stereocenters. The molecule has 3 fully saturated rings. The van der Waals surface area contributed by atoms with Crippen molar-refractivity contribution in [2.45, 2.75) is 37.8 Å². The molecule has 164 valence electrons. The molecule has 32 heavy (non-hydrogen) atoms. The summed E-state index contributed by atoms with van der Waals surface area (Å²) in [7, 11) is 1.57. The van der Waals surface area contributed by atoms with E-state index in [1.54, 1.807) is 31.4 Å². The summed E-state index contributed by atoms with van der Waals surface area (Å²) in [6.07, 6.45) is 2.56. The first-order valence-electron chi connectivity index (χ1n) is 11.3. The number of aryl methyl sites for hydroxylation is 1. The van der Waals surface area contributed by atoms with Gasteiger partial charge in [-0.05, 0) is 61.7 Å². The van der Waals surface area contributed by atoms with E-state index < -0.39 is 17.4 Å². The third-order valence-corrected chi connectivity index (χ3v) is 7.80. The summed E-state index contributed by atoms with van der Waals surface area (Å²) < 4.78 is 5.22. The van der Waals surface area contributed by atoms with Crippen LogP contribution in [-0.2, 0) is 26.3 Å². The number of anilines is 2. The number of benzene rings is 2. The first kappa shape index (κ1) is 19.5. The van der Waals surface area contributed by atoms with Gasteiger partial charge in [-0.2, -0.15) is 0 Å². The average molecular weight is 431 g/mol. The van der Waals surface area contributed by atoms with E-state index >= 15 is 0 Å². The number of nitrogens with one attached hydrogen (secondary N) is 1. The first-order valence-corrected chi connectivity index (χ1v) is 11.3. The van der Waals surface area contributed by atoms with Gasteiger partial charge in [0.15, 0.2) is 0 Å². The number of carbonyl (C=O) groups is 3. The third kappa shape index (κ3) is 2.21. The summed E-state index contributed by atoms with van der Waals surface area (Å²) in [4.78, 5) is 44.7. The number of ether oxygens (including phenoxy) is 1. The van der Waals surface area contributed by atoms with Gasteiger partial charge in [0.05, 0.1) is 24.6 Å². The molecule has 1 N–H and O–H groups in total. The standard InChI is InChI=1S/C25H25N3O4/c1-3-14-6-11-18-17(13-14)25(24(31)26-18)21-20(19-5-4-12-27(19)25)22(29)28(23(21)30)15-7-9-16(32-2)10-8-15/h6-11,13,19-21H,3-5,12H2,1-2H3,(H,26,31)/t19-,20-,21-,25+/m1/s1. The summed E-state index contributed by atoms with van der Waals surface area (Å²) in [5.41, 5.74) is 2.11. The fraction of sp³-hybridized carbons (Fsp3) is 0.400. The van der Waals surface area contributed by atoms with E-state index in [0.717, 1.165) is 36.1 Å². The molecular weight excluding hydrogens is 406 g/mol. The Labute approximate surface area is 186 Å². The minimum Gasteiger partial charge on any atom is -0.497 e. The Morgan fingerprint density at radius 3 is 2.59 bits per heavy atom. The number of nitrogens with zero attached hydrogens (tertiary/aromatic N) is 2. The Kier molecular flexibility index (Phi) is 4.05. The first-order chi connectivity index (χ1) is 15.5. The Bertz CT molecular complexity index is 1160. The molecule has 3 amide bonds. The fourth-order valence-corrected chi connectivity index (χ4v) is 6.46. The highest BCUT2D eigenvalue weighted by Gasteiger charge is 2.74. The zero-order chi connectivity index (χ0) is 22.2. The molecule has 7 nitrogen and oxygen atoms in total. The summed E-state index contributed by atoms with van der Waals surface area (Å²) >= 11 is 0. The Balaban J connectivity index is 1.52. The number of hydrogen-bond acceptors (Lipinski definition) is 5. The zero-order valence-corrected chi connectivity index (χ0v) is 18.1. The van der Waals surface area contributed by atoms with Crippen molar-refractivity contribution >= 4 is 29.1 Å². The fourth-order valence-electron chi connectivity index (χ4n) is 6.46. The van der Waals surface area contributed by atoms with E-state index in [9.17, 15) is 14.4 Å². The molecule has 1 spiro atoms. The number of rotatable bonds is 3. The van der Waals surface area contributed by atoms with E-state index in [1.165, 1.54) is 4.90 Å². The van der Waals surface area contributed by atoms with Crippen molar-refractivity contribution in [2.75, 3.05) is 23.9 Å². The lowest BCUT2D eigenvalue weighted by Crippen LogP contribution is -2.54. The van der Waals surface area contributed by atoms with Crippen molar-refractivity contribution in [1.82, 2.24) is 4.90 Å². The van der Waals surface area contributed by atoms with Crippen LogP contribution in [0.5, 0.6) is 5.75 Å². The van der Waals surface area contributed by atoms with Gasteiger partial charge in [0.1, 0.15) is 11.3 Å². The highest BCUT2D eigenvalue weighted by molar-refractivity contribution is 6.25. The highest BCUT2D eigenvalue weighted by Crippen LogP contribution is 2.60. The molecule has 4 aliphatic heterocycles. The maximum atomic E-state index is 13.9. The predicted octanol–water partition coefficient (Wildman–Crippen LogP) is 2.69. The lowest BCUT2D eigenvalue weighted by Gasteiger charge is -2.36. The van der Waals surface area contributed by atoms with Crippen LogP contribution in [-0.4, -0.2) is 42.3 Å². The van der Waals surface area contributed by atoms with E-state index in [1.807, 2.05) is 12.1 Å². The van der Waals surface area contributed by atoms with Crippen LogP contribution in [0.4, 0.5) is 11.4 Å². The van der Waals surface area contributed by atoms with Crippen LogP contribution in [0.25, 0.3) is 0 Å². The van der Waals surface area contributed by atoms with Crippen molar-refractivity contribution in [3.63, 3.8) is 0 Å². The van der Waals surface area contributed by atoms with Crippen LogP contribution in [0.1, 0.15) is 30.9 Å². The highest BCUT2D eigenvalue weighted by atomic mass is 16.5. The Morgan fingerprint density at radius 2 is 1.88 bits per heavy atom. The van der Waals surface area contributed by atoms with Crippen molar-refractivity contribution in [2.24, 2.45) is 11.8 Å². The van der Waals surface area contributed by atoms with E-state index in [0.29, 0.717) is 18.0 Å². The van der Waals surface area contributed by atoms with Crippen LogP contribution in [0.15, 0.2) is 42.5 Å². The van der Waals surface area contributed by atoms with E-state index in [2.05, 4.69) is 23.2 Å². The number of hydrogen-bond donors (Lipinski definition) is 1. The van der Waals surface area contributed by atoms with E-state index in [-0.39, 0.29) is 23.8 Å².